The third-order valence-corrected chi connectivity index (χ3v) is 3.71. The number of anilines is 1. The van der Waals surface area contributed by atoms with Crippen LogP contribution in [0.15, 0.2) is 48.5 Å². The number of benzene rings is 2. The maximum absolute atomic E-state index is 12.0. The fourth-order valence-electron chi connectivity index (χ4n) is 1.96. The van der Waals surface area contributed by atoms with Crippen molar-refractivity contribution >= 4 is 23.3 Å². The predicted octanol–water partition coefficient (Wildman–Crippen LogP) is 4.37. The minimum Gasteiger partial charge on any atom is -0.456 e. The number of aliphatic hydroxyl groups excluding tert-OH is 1. The van der Waals surface area contributed by atoms with Crippen LogP contribution in [0, 0.1) is 0 Å². The molecule has 0 saturated carbocycles. The summed E-state index contributed by atoms with van der Waals surface area (Å²) < 4.78 is 5.70. The largest absolute Gasteiger partial charge is 0.456 e. The molecule has 0 aliphatic heterocycles. The van der Waals surface area contributed by atoms with Gasteiger partial charge in [-0.05, 0) is 49.7 Å². The van der Waals surface area contributed by atoms with E-state index in [4.69, 9.17) is 16.3 Å². The van der Waals surface area contributed by atoms with Gasteiger partial charge in [-0.3, -0.25) is 0 Å². The number of aliphatic hydroxyl groups is 1. The molecule has 0 radical (unpaired) electrons. The first-order valence-electron chi connectivity index (χ1n) is 7.68. The van der Waals surface area contributed by atoms with Gasteiger partial charge >= 0.3 is 6.03 Å². The van der Waals surface area contributed by atoms with Gasteiger partial charge in [-0.2, -0.15) is 0 Å². The lowest BCUT2D eigenvalue weighted by molar-refractivity contribution is 0.167. The normalized spacial score (nSPS) is 11.7. The third-order valence-electron chi connectivity index (χ3n) is 3.40. The Bertz CT molecular complexity index is 674. The average Bonchev–Trinajstić information content (AvgIpc) is 2.56. The van der Waals surface area contributed by atoms with Gasteiger partial charge in [0.15, 0.2) is 0 Å². The minimum absolute atomic E-state index is 0.226. The lowest BCUT2D eigenvalue weighted by atomic mass is 10.3. The van der Waals surface area contributed by atoms with Crippen LogP contribution in [0.5, 0.6) is 11.5 Å². The molecule has 2 N–H and O–H groups in total. The van der Waals surface area contributed by atoms with E-state index >= 15 is 0 Å². The number of hydrogen-bond acceptors (Lipinski definition) is 3. The fourth-order valence-corrected chi connectivity index (χ4v) is 2.14. The summed E-state index contributed by atoms with van der Waals surface area (Å²) in [6.07, 6.45) is 0.107. The summed E-state index contributed by atoms with van der Waals surface area (Å²) in [4.78, 5) is 13.6. The smallest absolute Gasteiger partial charge is 0.321 e. The van der Waals surface area contributed by atoms with Gasteiger partial charge < -0.3 is 20.1 Å². The van der Waals surface area contributed by atoms with Gasteiger partial charge in [-0.25, -0.2) is 4.79 Å². The molecule has 128 valence electrons. The molecule has 0 aliphatic rings. The second-order valence-electron chi connectivity index (χ2n) is 5.55. The van der Waals surface area contributed by atoms with Crippen LogP contribution in [0.4, 0.5) is 10.5 Å². The number of ether oxygens (including phenoxy) is 1. The third kappa shape index (κ3) is 5.44. The van der Waals surface area contributed by atoms with Crippen LogP contribution >= 0.6 is 11.6 Å². The first-order valence-corrected chi connectivity index (χ1v) is 8.06. The molecule has 2 aromatic rings. The van der Waals surface area contributed by atoms with Gasteiger partial charge in [0.05, 0.1) is 11.1 Å². The molecule has 2 aromatic carbocycles. The molecule has 0 fully saturated rings. The SMILES string of the molecule is CC(O)CCN(C)C(=O)Nc1ccc(Oc2ccccc2Cl)cc1. The Morgan fingerprint density at radius 1 is 1.25 bits per heavy atom. The molecular formula is C18H21ClN2O3. The van der Waals surface area contributed by atoms with E-state index in [2.05, 4.69) is 5.32 Å². The molecule has 0 saturated heterocycles. The zero-order chi connectivity index (χ0) is 17.5. The number of urea groups is 1. The summed E-state index contributed by atoms with van der Waals surface area (Å²) in [6, 6.07) is 14.0. The van der Waals surface area contributed by atoms with Crippen LogP contribution < -0.4 is 10.1 Å². The number of nitrogens with zero attached hydrogens (tertiary/aromatic N) is 1. The van der Waals surface area contributed by atoms with Crippen LogP contribution in [0.3, 0.4) is 0 Å². The molecule has 2 amide bonds. The van der Waals surface area contributed by atoms with Crippen molar-refractivity contribution in [3.8, 4) is 11.5 Å². The zero-order valence-electron chi connectivity index (χ0n) is 13.7. The fraction of sp³-hybridized carbons (Fsp3) is 0.278. The van der Waals surface area contributed by atoms with Crippen LogP contribution in [-0.4, -0.2) is 35.7 Å². The molecule has 2 rings (SSSR count). The van der Waals surface area contributed by atoms with Crippen LogP contribution in [0.1, 0.15) is 13.3 Å². The highest BCUT2D eigenvalue weighted by molar-refractivity contribution is 6.32. The molecule has 0 aromatic heterocycles. The molecule has 24 heavy (non-hydrogen) atoms. The number of amides is 2. The number of halogens is 1. The predicted molar refractivity (Wildman–Crippen MR) is 95.9 cm³/mol. The van der Waals surface area contributed by atoms with Gasteiger partial charge in [0.1, 0.15) is 11.5 Å². The summed E-state index contributed by atoms with van der Waals surface area (Å²) in [7, 11) is 1.69. The Hall–Kier alpha value is -2.24. The molecule has 5 nitrogen and oxygen atoms in total. The van der Waals surface area contributed by atoms with E-state index in [0.717, 1.165) is 0 Å². The maximum atomic E-state index is 12.0. The summed E-state index contributed by atoms with van der Waals surface area (Å²) in [5.74, 6) is 1.21. The Labute approximate surface area is 146 Å². The van der Waals surface area contributed by atoms with Crippen molar-refractivity contribution in [2.45, 2.75) is 19.4 Å². The Kier molecular flexibility index (Phi) is 6.46. The van der Waals surface area contributed by atoms with Crippen molar-refractivity contribution in [3.05, 3.63) is 53.6 Å². The topological polar surface area (TPSA) is 61.8 Å². The number of para-hydroxylation sites is 1. The monoisotopic (exact) mass is 348 g/mol. The number of rotatable bonds is 6. The summed E-state index contributed by atoms with van der Waals surface area (Å²) >= 11 is 6.06. The molecular weight excluding hydrogens is 328 g/mol. The zero-order valence-corrected chi connectivity index (χ0v) is 14.5. The highest BCUT2D eigenvalue weighted by Gasteiger charge is 2.10. The first kappa shape index (κ1) is 18.1. The molecule has 0 spiro atoms. The van der Waals surface area contributed by atoms with Crippen molar-refractivity contribution in [1.29, 1.82) is 0 Å². The van der Waals surface area contributed by atoms with E-state index in [9.17, 15) is 9.90 Å². The minimum atomic E-state index is -0.429. The Morgan fingerprint density at radius 2 is 1.92 bits per heavy atom. The summed E-state index contributed by atoms with van der Waals surface area (Å²) in [5.41, 5.74) is 0.662. The van der Waals surface area contributed by atoms with Crippen molar-refractivity contribution < 1.29 is 14.6 Å². The van der Waals surface area contributed by atoms with E-state index in [-0.39, 0.29) is 6.03 Å². The second-order valence-corrected chi connectivity index (χ2v) is 5.95. The summed E-state index contributed by atoms with van der Waals surface area (Å²) in [5, 5.41) is 12.6. The van der Waals surface area contributed by atoms with Gasteiger partial charge in [0.25, 0.3) is 0 Å². The lowest BCUT2D eigenvalue weighted by Crippen LogP contribution is -2.33. The van der Waals surface area contributed by atoms with Gasteiger partial charge in [0, 0.05) is 19.3 Å². The molecule has 1 unspecified atom stereocenters. The first-order chi connectivity index (χ1) is 11.5. The highest BCUT2D eigenvalue weighted by Crippen LogP contribution is 2.29. The standard InChI is InChI=1S/C18H21ClN2O3/c1-13(22)11-12-21(2)18(23)20-14-7-9-15(10-8-14)24-17-6-4-3-5-16(17)19/h3-10,13,22H,11-12H2,1-2H3,(H,20,23). The molecule has 6 heteroatoms. The van der Waals surface area contributed by atoms with Crippen molar-refractivity contribution in [3.63, 3.8) is 0 Å². The molecule has 1 atom stereocenters. The van der Waals surface area contributed by atoms with Gasteiger partial charge in [0.2, 0.25) is 0 Å². The quantitative estimate of drug-likeness (QED) is 0.815. The van der Waals surface area contributed by atoms with Crippen LogP contribution in [0.2, 0.25) is 5.02 Å². The summed E-state index contributed by atoms with van der Waals surface area (Å²) in [6.45, 7) is 2.18. The van der Waals surface area contributed by atoms with Crippen molar-refractivity contribution in [2.75, 3.05) is 18.9 Å². The Morgan fingerprint density at radius 3 is 2.54 bits per heavy atom. The number of hydrogen-bond donors (Lipinski definition) is 2. The molecule has 0 heterocycles. The van der Waals surface area contributed by atoms with Crippen molar-refractivity contribution in [2.24, 2.45) is 0 Å². The lowest BCUT2D eigenvalue weighted by Gasteiger charge is -2.18. The molecule has 0 bridgehead atoms. The number of carbonyl (C=O) groups is 1. The number of carbonyl (C=O) groups excluding carboxylic acids is 1. The van der Waals surface area contributed by atoms with Gasteiger partial charge in [-0.1, -0.05) is 23.7 Å². The number of nitrogens with one attached hydrogen (secondary N) is 1. The highest BCUT2D eigenvalue weighted by atomic mass is 35.5. The van der Waals surface area contributed by atoms with Gasteiger partial charge in [-0.15, -0.1) is 0 Å². The maximum Gasteiger partial charge on any atom is 0.321 e. The van der Waals surface area contributed by atoms with Crippen LogP contribution in [-0.2, 0) is 0 Å². The van der Waals surface area contributed by atoms with Crippen molar-refractivity contribution in [1.82, 2.24) is 4.90 Å². The average molecular weight is 349 g/mol. The van der Waals surface area contributed by atoms with E-state index in [1.165, 1.54) is 4.90 Å². The van der Waals surface area contributed by atoms with E-state index in [1.807, 2.05) is 12.1 Å². The molecule has 0 aliphatic carbocycles. The van der Waals surface area contributed by atoms with E-state index < -0.39 is 6.10 Å². The van der Waals surface area contributed by atoms with E-state index in [1.54, 1.807) is 50.4 Å². The van der Waals surface area contributed by atoms with E-state index in [0.29, 0.717) is 35.2 Å². The second kappa shape index (κ2) is 8.57. The van der Waals surface area contributed by atoms with Crippen LogP contribution in [0.25, 0.3) is 0 Å². The Balaban J connectivity index is 1.92.